The monoisotopic (exact) mass is 387 g/mol. The third-order valence-corrected chi connectivity index (χ3v) is 5.20. The van der Waals surface area contributed by atoms with Gasteiger partial charge in [-0.15, -0.1) is 0 Å². The summed E-state index contributed by atoms with van der Waals surface area (Å²) in [7, 11) is 1.69. The SMILES string of the molecule is C=CC(=O)N1CCC[C@@H](N(C)c2nc(/C(C=N)=C/O)c3c(c2F)CNC3=O)C1. The maximum atomic E-state index is 15.2. The van der Waals surface area contributed by atoms with Crippen molar-refractivity contribution >= 4 is 29.4 Å². The number of pyridine rings is 1. The largest absolute Gasteiger partial charge is 0.515 e. The zero-order chi connectivity index (χ0) is 20.4. The second kappa shape index (κ2) is 7.79. The average Bonchev–Trinajstić information content (AvgIpc) is 3.11. The minimum Gasteiger partial charge on any atom is -0.515 e. The molecule has 2 aliphatic rings. The molecular weight excluding hydrogens is 365 g/mol. The van der Waals surface area contributed by atoms with Crippen LogP contribution in [-0.4, -0.2) is 59.2 Å². The van der Waals surface area contributed by atoms with E-state index >= 15 is 4.39 Å². The van der Waals surface area contributed by atoms with E-state index in [1.807, 2.05) is 0 Å². The molecule has 148 valence electrons. The number of rotatable bonds is 5. The number of piperidine rings is 1. The minimum atomic E-state index is -0.617. The minimum absolute atomic E-state index is 0.00931. The fourth-order valence-electron chi connectivity index (χ4n) is 3.65. The van der Waals surface area contributed by atoms with Crippen molar-refractivity contribution in [2.45, 2.75) is 25.4 Å². The number of likely N-dealkylation sites (N-methyl/N-ethyl adjacent to an activating group) is 1. The highest BCUT2D eigenvalue weighted by atomic mass is 19.1. The first-order valence-electron chi connectivity index (χ1n) is 8.92. The molecule has 1 fully saturated rings. The first-order chi connectivity index (χ1) is 13.4. The molecule has 9 heteroatoms. The normalized spacial score (nSPS) is 19.1. The Balaban J connectivity index is 2.03. The van der Waals surface area contributed by atoms with E-state index in [2.05, 4.69) is 16.9 Å². The summed E-state index contributed by atoms with van der Waals surface area (Å²) >= 11 is 0. The van der Waals surface area contributed by atoms with Crippen LogP contribution in [0.2, 0.25) is 0 Å². The summed E-state index contributed by atoms with van der Waals surface area (Å²) in [5, 5.41) is 19.4. The zero-order valence-electron chi connectivity index (χ0n) is 15.5. The predicted octanol–water partition coefficient (Wildman–Crippen LogP) is 1.63. The maximum absolute atomic E-state index is 15.2. The number of aliphatic hydroxyl groups excluding tert-OH is 1. The van der Waals surface area contributed by atoms with Gasteiger partial charge < -0.3 is 25.6 Å². The molecule has 0 bridgehead atoms. The van der Waals surface area contributed by atoms with Gasteiger partial charge in [-0.2, -0.15) is 0 Å². The number of anilines is 1. The molecule has 1 aromatic rings. The number of nitrogens with zero attached hydrogens (tertiary/aromatic N) is 3. The van der Waals surface area contributed by atoms with Gasteiger partial charge in [-0.1, -0.05) is 6.58 Å². The third kappa shape index (κ3) is 3.23. The predicted molar refractivity (Wildman–Crippen MR) is 103 cm³/mol. The summed E-state index contributed by atoms with van der Waals surface area (Å²) in [6.45, 7) is 4.54. The molecular formula is C19H22FN5O3. The Hall–Kier alpha value is -3.23. The lowest BCUT2D eigenvalue weighted by molar-refractivity contribution is -0.127. The Morgan fingerprint density at radius 1 is 1.54 bits per heavy atom. The number of fused-ring (bicyclic) bond motifs is 1. The first-order valence-corrected chi connectivity index (χ1v) is 8.92. The maximum Gasteiger partial charge on any atom is 0.254 e. The molecule has 8 nitrogen and oxygen atoms in total. The van der Waals surface area contributed by atoms with Gasteiger partial charge >= 0.3 is 0 Å². The summed E-state index contributed by atoms with van der Waals surface area (Å²) in [6.07, 6.45) is 4.30. The Labute approximate surface area is 161 Å². The molecule has 1 saturated heterocycles. The number of nitrogens with one attached hydrogen (secondary N) is 2. The van der Waals surface area contributed by atoms with Crippen LogP contribution in [0.1, 0.15) is 34.5 Å². The van der Waals surface area contributed by atoms with Crippen molar-refractivity contribution in [1.29, 1.82) is 5.41 Å². The van der Waals surface area contributed by atoms with Gasteiger partial charge in [0.15, 0.2) is 11.6 Å². The molecule has 0 radical (unpaired) electrons. The van der Waals surface area contributed by atoms with Crippen LogP contribution in [0.3, 0.4) is 0 Å². The number of amides is 2. The molecule has 0 aromatic carbocycles. The molecule has 3 N–H and O–H groups in total. The fraction of sp³-hybridized carbons (Fsp3) is 0.368. The highest BCUT2D eigenvalue weighted by molar-refractivity contribution is 6.13. The molecule has 1 aromatic heterocycles. The molecule has 28 heavy (non-hydrogen) atoms. The summed E-state index contributed by atoms with van der Waals surface area (Å²) in [5.41, 5.74) is 0.258. The average molecular weight is 387 g/mol. The van der Waals surface area contributed by atoms with Crippen molar-refractivity contribution in [3.05, 3.63) is 41.6 Å². The quantitative estimate of drug-likeness (QED) is 0.404. The summed E-state index contributed by atoms with van der Waals surface area (Å²) in [4.78, 5) is 31.7. The van der Waals surface area contributed by atoms with E-state index in [0.717, 1.165) is 19.1 Å². The Morgan fingerprint density at radius 3 is 2.93 bits per heavy atom. The van der Waals surface area contributed by atoms with Gasteiger partial charge in [0.05, 0.1) is 23.1 Å². The van der Waals surface area contributed by atoms with Crippen LogP contribution >= 0.6 is 0 Å². The topological polar surface area (TPSA) is 110 Å². The number of hydrogen-bond donors (Lipinski definition) is 3. The van der Waals surface area contributed by atoms with Crippen LogP contribution in [0, 0.1) is 11.2 Å². The van der Waals surface area contributed by atoms with Gasteiger partial charge in [0.2, 0.25) is 5.91 Å². The number of halogens is 1. The van der Waals surface area contributed by atoms with E-state index in [9.17, 15) is 14.7 Å². The van der Waals surface area contributed by atoms with Crippen molar-refractivity contribution in [2.75, 3.05) is 25.0 Å². The van der Waals surface area contributed by atoms with Crippen molar-refractivity contribution in [1.82, 2.24) is 15.2 Å². The number of likely N-dealkylation sites (tertiary alicyclic amines) is 1. The molecule has 2 aliphatic heterocycles. The molecule has 0 unspecified atom stereocenters. The second-order valence-corrected chi connectivity index (χ2v) is 6.76. The van der Waals surface area contributed by atoms with Crippen LogP contribution < -0.4 is 10.2 Å². The van der Waals surface area contributed by atoms with E-state index in [0.29, 0.717) is 19.4 Å². The van der Waals surface area contributed by atoms with Crippen molar-refractivity contribution in [3.8, 4) is 0 Å². The standard InChI is InChI=1S/C19H22FN5O3/c1-3-14(27)25-6-4-5-12(9-25)24(2)18-16(20)13-8-22-19(28)15(13)17(23-18)11(7-21)10-26/h3,7,10,12,21,26H,1,4-6,8-9H2,2H3,(H,22,28)/b11-10+,21-7?/t12-/m1/s1. The Kier molecular flexibility index (Phi) is 5.43. The summed E-state index contributed by atoms with van der Waals surface area (Å²) in [5.74, 6) is -1.27. The molecule has 3 heterocycles. The van der Waals surface area contributed by atoms with Crippen LogP contribution in [-0.2, 0) is 11.3 Å². The number of allylic oxidation sites excluding steroid dienone is 1. The summed E-state index contributed by atoms with van der Waals surface area (Å²) < 4.78 is 15.2. The highest BCUT2D eigenvalue weighted by Gasteiger charge is 2.34. The third-order valence-electron chi connectivity index (χ3n) is 5.20. The second-order valence-electron chi connectivity index (χ2n) is 6.76. The van der Waals surface area contributed by atoms with Gasteiger partial charge in [-0.05, 0) is 18.9 Å². The van der Waals surface area contributed by atoms with E-state index in [-0.39, 0.29) is 46.7 Å². The van der Waals surface area contributed by atoms with Crippen molar-refractivity contribution in [3.63, 3.8) is 0 Å². The molecule has 3 rings (SSSR count). The van der Waals surface area contributed by atoms with Crippen LogP contribution in [0.4, 0.5) is 10.2 Å². The number of carbonyl (C=O) groups is 2. The number of aromatic nitrogens is 1. The van der Waals surface area contributed by atoms with E-state index in [1.165, 1.54) is 6.08 Å². The molecule has 0 spiro atoms. The lowest BCUT2D eigenvalue weighted by Gasteiger charge is -2.38. The summed E-state index contributed by atoms with van der Waals surface area (Å²) in [6, 6.07) is -0.169. The first kappa shape index (κ1) is 19.5. The van der Waals surface area contributed by atoms with Crippen molar-refractivity contribution in [2.24, 2.45) is 0 Å². The smallest absolute Gasteiger partial charge is 0.254 e. The van der Waals surface area contributed by atoms with E-state index in [4.69, 9.17) is 5.41 Å². The molecule has 0 saturated carbocycles. The highest BCUT2D eigenvalue weighted by Crippen LogP contribution is 2.32. The van der Waals surface area contributed by atoms with Gasteiger partial charge in [0.1, 0.15) is 0 Å². The van der Waals surface area contributed by atoms with E-state index in [1.54, 1.807) is 16.8 Å². The molecule has 1 atom stereocenters. The lowest BCUT2D eigenvalue weighted by atomic mass is 10.0. The number of carbonyl (C=O) groups excluding carboxylic acids is 2. The zero-order valence-corrected chi connectivity index (χ0v) is 15.5. The van der Waals surface area contributed by atoms with Gasteiger partial charge in [0, 0.05) is 44.5 Å². The number of hydrogen-bond acceptors (Lipinski definition) is 6. The van der Waals surface area contributed by atoms with Gasteiger partial charge in [-0.25, -0.2) is 9.37 Å². The van der Waals surface area contributed by atoms with Crippen LogP contribution in [0.25, 0.3) is 5.57 Å². The van der Waals surface area contributed by atoms with E-state index < -0.39 is 11.7 Å². The molecule has 0 aliphatic carbocycles. The van der Waals surface area contributed by atoms with Gasteiger partial charge in [-0.3, -0.25) is 9.59 Å². The Bertz CT molecular complexity index is 883. The van der Waals surface area contributed by atoms with Crippen LogP contribution in [0.15, 0.2) is 18.9 Å². The fourth-order valence-corrected chi connectivity index (χ4v) is 3.65. The Morgan fingerprint density at radius 2 is 2.29 bits per heavy atom. The number of aliphatic hydroxyl groups is 1. The lowest BCUT2D eigenvalue weighted by Crippen LogP contribution is -2.48. The van der Waals surface area contributed by atoms with Crippen molar-refractivity contribution < 1.29 is 19.1 Å². The molecule has 2 amide bonds. The van der Waals surface area contributed by atoms with Gasteiger partial charge in [0.25, 0.3) is 5.91 Å². The van der Waals surface area contributed by atoms with Crippen LogP contribution in [0.5, 0.6) is 0 Å².